The normalized spacial score (nSPS) is 9.67. The van der Waals surface area contributed by atoms with Gasteiger partial charge in [0.05, 0.1) is 0 Å². The maximum absolute atomic E-state index is 8.85. The van der Waals surface area contributed by atoms with E-state index >= 15 is 0 Å². The fraction of sp³-hybridized carbons (Fsp3) is 0. The minimum atomic E-state index is -5.52. The van der Waals surface area contributed by atoms with Crippen molar-refractivity contribution in [3.63, 3.8) is 0 Å². The van der Waals surface area contributed by atoms with E-state index in [0.29, 0.717) is 0 Å². The van der Waals surface area contributed by atoms with E-state index in [4.69, 9.17) is 13.2 Å². The molecular formula is H2NiO4Te. The summed E-state index contributed by atoms with van der Waals surface area (Å²) in [5.74, 6) is 0. The molecule has 2 N–H and O–H groups in total. The summed E-state index contributed by atoms with van der Waals surface area (Å²) in [5, 5.41) is 0. The second-order valence-corrected chi connectivity index (χ2v) is 3.00. The Labute approximate surface area is 48.7 Å². The van der Waals surface area contributed by atoms with Gasteiger partial charge in [-0.25, -0.2) is 0 Å². The zero-order chi connectivity index (χ0) is 4.50. The van der Waals surface area contributed by atoms with Crippen molar-refractivity contribution >= 4 is 19.0 Å². The Balaban J connectivity index is 0. The Hall–Kier alpha value is 0.803. The van der Waals surface area contributed by atoms with Crippen LogP contribution in [0.1, 0.15) is 0 Å². The monoisotopic (exact) mass is 254 g/mol. The van der Waals surface area contributed by atoms with Crippen LogP contribution in [-0.4, -0.2) is 25.9 Å². The minimum Gasteiger partial charge on any atom is 0 e. The van der Waals surface area contributed by atoms with E-state index in [2.05, 4.69) is 0 Å². The topological polar surface area (TPSA) is 74.6 Å². The molecule has 0 aromatic heterocycles. The second kappa shape index (κ2) is 2.89. The van der Waals surface area contributed by atoms with Gasteiger partial charge in [-0.2, -0.15) is 0 Å². The summed E-state index contributed by atoms with van der Waals surface area (Å²) in [5.41, 5.74) is 0. The second-order valence-electron chi connectivity index (χ2n) is 0.448. The summed E-state index contributed by atoms with van der Waals surface area (Å²) in [6, 6.07) is 0. The van der Waals surface area contributed by atoms with E-state index in [1.807, 2.05) is 0 Å². The fourth-order valence-corrected chi connectivity index (χ4v) is 0. The Morgan fingerprint density at radius 1 is 1.17 bits per heavy atom. The Kier molecular flexibility index (Phi) is 4.79. The SMILES string of the molecule is O=[Te](=O)(O)O.[Ni]. The Morgan fingerprint density at radius 2 is 1.17 bits per heavy atom. The van der Waals surface area contributed by atoms with Crippen molar-refractivity contribution in [3.8, 4) is 0 Å². The zero-order valence-electron chi connectivity index (χ0n) is 2.44. The van der Waals surface area contributed by atoms with Crippen LogP contribution in [0.15, 0.2) is 0 Å². The molecule has 0 heterocycles. The molecule has 0 aliphatic heterocycles. The minimum absolute atomic E-state index is 0. The molecule has 0 saturated heterocycles. The predicted octanol–water partition coefficient (Wildman–Crippen LogP) is -1.73. The van der Waals surface area contributed by atoms with E-state index in [1.165, 1.54) is 0 Å². The zero-order valence-corrected chi connectivity index (χ0v) is 5.75. The van der Waals surface area contributed by atoms with E-state index in [1.54, 1.807) is 0 Å². The van der Waals surface area contributed by atoms with Gasteiger partial charge in [-0.15, -0.1) is 0 Å². The van der Waals surface area contributed by atoms with Gasteiger partial charge in [-0.1, -0.05) is 0 Å². The summed E-state index contributed by atoms with van der Waals surface area (Å²) in [6.07, 6.45) is 0. The van der Waals surface area contributed by atoms with Crippen LogP contribution in [0.3, 0.4) is 0 Å². The molecule has 4 nitrogen and oxygen atoms in total. The van der Waals surface area contributed by atoms with Crippen LogP contribution in [0.5, 0.6) is 0 Å². The third-order valence-corrected chi connectivity index (χ3v) is 0. The molecule has 0 aromatic rings. The fourth-order valence-electron chi connectivity index (χ4n) is 0. The van der Waals surface area contributed by atoms with E-state index in [0.717, 1.165) is 0 Å². The number of hydrogen-bond donors (Lipinski definition) is 2. The first-order valence-corrected chi connectivity index (χ1v) is 4.69. The van der Waals surface area contributed by atoms with Gasteiger partial charge in [0.1, 0.15) is 0 Å². The summed E-state index contributed by atoms with van der Waals surface area (Å²) < 4.78 is 32.0. The molecule has 6 heavy (non-hydrogen) atoms. The standard InChI is InChI=1S/Ni.H2O4Te/c;1-5(2,3)4/h;(H2,1,2,3,4). The van der Waals surface area contributed by atoms with Gasteiger partial charge in [-0.05, 0) is 0 Å². The average molecular weight is 252 g/mol. The number of hydrogen-bond acceptors (Lipinski definition) is 2. The number of rotatable bonds is 0. The van der Waals surface area contributed by atoms with Crippen molar-refractivity contribution in [1.29, 1.82) is 0 Å². The van der Waals surface area contributed by atoms with Crippen LogP contribution in [0, 0.1) is 0 Å². The molecule has 0 amide bonds. The van der Waals surface area contributed by atoms with Crippen LogP contribution in [0.25, 0.3) is 0 Å². The van der Waals surface area contributed by atoms with Crippen molar-refractivity contribution in [2.45, 2.75) is 0 Å². The maximum atomic E-state index is 8.85. The van der Waals surface area contributed by atoms with Crippen LogP contribution < -0.4 is 0 Å². The molecular weight excluding hydrogens is 250 g/mol. The van der Waals surface area contributed by atoms with Gasteiger partial charge in [0.25, 0.3) is 0 Å². The van der Waals surface area contributed by atoms with Gasteiger partial charge in [0.2, 0.25) is 0 Å². The van der Waals surface area contributed by atoms with Crippen LogP contribution in [0.4, 0.5) is 0 Å². The van der Waals surface area contributed by atoms with E-state index in [9.17, 15) is 0 Å². The third kappa shape index (κ3) is 108. The van der Waals surface area contributed by atoms with Crippen molar-refractivity contribution in [2.75, 3.05) is 0 Å². The molecule has 0 saturated carbocycles. The van der Waals surface area contributed by atoms with Crippen molar-refractivity contribution in [3.05, 3.63) is 0 Å². The summed E-state index contributed by atoms with van der Waals surface area (Å²) in [7, 11) is 0. The molecule has 0 unspecified atom stereocenters. The molecule has 42 valence electrons. The van der Waals surface area contributed by atoms with Gasteiger partial charge in [0, 0.05) is 16.5 Å². The first-order chi connectivity index (χ1) is 2.00. The largest absolute Gasteiger partial charge is 0 e. The van der Waals surface area contributed by atoms with Crippen LogP contribution in [0.2, 0.25) is 0 Å². The maximum Gasteiger partial charge on any atom is 0 e. The molecule has 0 fully saturated rings. The Morgan fingerprint density at radius 3 is 1.17 bits per heavy atom. The molecule has 0 aromatic carbocycles. The van der Waals surface area contributed by atoms with Crippen molar-refractivity contribution in [1.82, 2.24) is 0 Å². The molecule has 0 bridgehead atoms. The van der Waals surface area contributed by atoms with Crippen molar-refractivity contribution in [2.24, 2.45) is 0 Å². The Bertz CT molecular complexity index is 90.7. The van der Waals surface area contributed by atoms with Crippen molar-refractivity contribution < 1.29 is 29.6 Å². The summed E-state index contributed by atoms with van der Waals surface area (Å²) >= 11 is -5.52. The molecule has 0 aliphatic rings. The van der Waals surface area contributed by atoms with Gasteiger partial charge in [0.15, 0.2) is 0 Å². The summed E-state index contributed by atoms with van der Waals surface area (Å²) in [4.78, 5) is 0. The average Bonchev–Trinajstić information content (AvgIpc) is 0.722. The first kappa shape index (κ1) is 9.93. The molecule has 0 radical (unpaired) electrons. The molecule has 0 atom stereocenters. The van der Waals surface area contributed by atoms with Gasteiger partial charge < -0.3 is 0 Å². The van der Waals surface area contributed by atoms with E-state index in [-0.39, 0.29) is 16.5 Å². The molecule has 0 spiro atoms. The summed E-state index contributed by atoms with van der Waals surface area (Å²) in [6.45, 7) is 0. The molecule has 6 heteroatoms. The predicted molar refractivity (Wildman–Crippen MR) is 11.6 cm³/mol. The van der Waals surface area contributed by atoms with Gasteiger partial charge >= 0.3 is 32.1 Å². The molecule has 0 rings (SSSR count). The molecule has 0 aliphatic carbocycles. The van der Waals surface area contributed by atoms with Crippen LogP contribution >= 0.6 is 0 Å². The smallest absolute Gasteiger partial charge is 0 e. The quantitative estimate of drug-likeness (QED) is 0.502. The van der Waals surface area contributed by atoms with Crippen LogP contribution in [-0.2, 0) is 22.7 Å². The third-order valence-electron chi connectivity index (χ3n) is 0. The first-order valence-electron chi connectivity index (χ1n) is 0.698. The van der Waals surface area contributed by atoms with Gasteiger partial charge in [-0.3, -0.25) is 0 Å². The van der Waals surface area contributed by atoms with E-state index < -0.39 is 19.0 Å².